The van der Waals surface area contributed by atoms with Gasteiger partial charge in [0.25, 0.3) is 0 Å². The van der Waals surface area contributed by atoms with Crippen LogP contribution in [0.3, 0.4) is 0 Å². The molecule has 0 aliphatic rings. The van der Waals surface area contributed by atoms with Gasteiger partial charge in [0.1, 0.15) is 46.0 Å². The first-order valence-corrected chi connectivity index (χ1v) is 19.3. The first kappa shape index (κ1) is 40.7. The van der Waals surface area contributed by atoms with Gasteiger partial charge in [-0.15, -0.1) is 0 Å². The first-order valence-electron chi connectivity index (χ1n) is 19.3. The molecule has 0 bridgehead atoms. The van der Waals surface area contributed by atoms with Crippen LogP contribution >= 0.6 is 0 Å². The lowest BCUT2D eigenvalue weighted by atomic mass is 9.77. The second-order valence-corrected chi connectivity index (χ2v) is 14.6. The Labute approximate surface area is 349 Å². The summed E-state index contributed by atoms with van der Waals surface area (Å²) in [5, 5.41) is 0. The molecule has 0 spiro atoms. The fraction of sp³-hybridized carbons (Fsp3) is 0.137. The SMILES string of the molecule is COC(=O)Oc1ccc(C(C)(C)c2ccc(OC(=O)Oc3ccc(-c4ccc(Oc5cccc(Oc6ccc(-c7ccc(OC)cc7)cc6)c5)cc4)cc3)c(C)c2)cc1C. The summed E-state index contributed by atoms with van der Waals surface area (Å²) in [6.07, 6.45) is -1.61. The third-order valence-electron chi connectivity index (χ3n) is 10.1. The van der Waals surface area contributed by atoms with Crippen molar-refractivity contribution in [3.63, 3.8) is 0 Å². The summed E-state index contributed by atoms with van der Waals surface area (Å²) >= 11 is 0. The maximum absolute atomic E-state index is 12.8. The highest BCUT2D eigenvalue weighted by Gasteiger charge is 2.25. The summed E-state index contributed by atoms with van der Waals surface area (Å²) in [7, 11) is 2.93. The molecule has 7 aromatic rings. The highest BCUT2D eigenvalue weighted by Crippen LogP contribution is 2.37. The van der Waals surface area contributed by atoms with Gasteiger partial charge in [0, 0.05) is 11.5 Å². The van der Waals surface area contributed by atoms with Crippen LogP contribution in [0.4, 0.5) is 9.59 Å². The Morgan fingerprint density at radius 2 is 0.817 bits per heavy atom. The van der Waals surface area contributed by atoms with Crippen LogP contribution in [-0.4, -0.2) is 26.5 Å². The minimum absolute atomic E-state index is 0.351. The molecule has 60 heavy (non-hydrogen) atoms. The van der Waals surface area contributed by atoms with Crippen molar-refractivity contribution in [2.24, 2.45) is 0 Å². The molecule has 0 N–H and O–H groups in total. The van der Waals surface area contributed by atoms with Crippen LogP contribution in [0.15, 0.2) is 158 Å². The lowest BCUT2D eigenvalue weighted by molar-refractivity contribution is 0.121. The van der Waals surface area contributed by atoms with Gasteiger partial charge in [0.2, 0.25) is 0 Å². The van der Waals surface area contributed by atoms with Crippen molar-refractivity contribution in [1.82, 2.24) is 0 Å². The number of aryl methyl sites for hydroxylation is 2. The van der Waals surface area contributed by atoms with Gasteiger partial charge >= 0.3 is 12.3 Å². The normalized spacial score (nSPS) is 11.0. The molecule has 0 fully saturated rings. The van der Waals surface area contributed by atoms with Crippen LogP contribution in [0.25, 0.3) is 22.3 Å². The number of hydrogen-bond donors (Lipinski definition) is 0. The second kappa shape index (κ2) is 18.0. The highest BCUT2D eigenvalue weighted by atomic mass is 16.7. The topological polar surface area (TPSA) is 98.8 Å². The van der Waals surface area contributed by atoms with E-state index in [2.05, 4.69) is 18.6 Å². The van der Waals surface area contributed by atoms with Crippen molar-refractivity contribution in [2.45, 2.75) is 33.1 Å². The summed E-state index contributed by atoms with van der Waals surface area (Å²) < 4.78 is 38.5. The zero-order valence-corrected chi connectivity index (χ0v) is 34.2. The molecule has 0 radical (unpaired) electrons. The standard InChI is InChI=1S/C51H44O9/c1-33-30-39(18-28-47(33)59-49(52)55-6)51(3,4)40-19-29-48(34(2)31-40)60-50(53)58-44-26-16-38(17-27-44)37-14-24-43(25-15-37)57-46-9-7-8-45(32-46)56-42-22-12-36(13-23-42)35-10-20-41(54-5)21-11-35/h7-32H,1-6H3. The number of carbonyl (C=O) groups excluding carboxylic acids is 2. The van der Waals surface area contributed by atoms with Gasteiger partial charge in [0.05, 0.1) is 14.2 Å². The number of methoxy groups -OCH3 is 2. The number of benzene rings is 7. The van der Waals surface area contributed by atoms with Crippen molar-refractivity contribution in [2.75, 3.05) is 14.2 Å². The average Bonchev–Trinajstić information content (AvgIpc) is 3.26. The molecule has 0 heterocycles. The monoisotopic (exact) mass is 800 g/mol. The third-order valence-corrected chi connectivity index (χ3v) is 10.1. The molecule has 0 aliphatic carbocycles. The van der Waals surface area contributed by atoms with Gasteiger partial charge in [-0.1, -0.05) is 92.7 Å². The molecular weight excluding hydrogens is 757 g/mol. The van der Waals surface area contributed by atoms with Crippen LogP contribution in [0, 0.1) is 13.8 Å². The quantitative estimate of drug-likeness (QED) is 0.0883. The Morgan fingerprint density at radius 1 is 0.417 bits per heavy atom. The minimum atomic E-state index is -0.840. The van der Waals surface area contributed by atoms with Gasteiger partial charge < -0.3 is 33.2 Å². The molecule has 0 saturated heterocycles. The largest absolute Gasteiger partial charge is 0.519 e. The van der Waals surface area contributed by atoms with Gasteiger partial charge in [-0.25, -0.2) is 9.59 Å². The molecule has 7 aromatic carbocycles. The van der Waals surface area contributed by atoms with Crippen molar-refractivity contribution < 1.29 is 42.7 Å². The van der Waals surface area contributed by atoms with E-state index in [4.69, 9.17) is 28.4 Å². The Morgan fingerprint density at radius 3 is 1.22 bits per heavy atom. The van der Waals surface area contributed by atoms with Crippen LogP contribution < -0.4 is 28.4 Å². The van der Waals surface area contributed by atoms with Crippen LogP contribution in [0.1, 0.15) is 36.1 Å². The lowest BCUT2D eigenvalue weighted by Crippen LogP contribution is -2.20. The molecule has 7 rings (SSSR count). The van der Waals surface area contributed by atoms with Crippen molar-refractivity contribution in [3.05, 3.63) is 180 Å². The maximum Gasteiger partial charge on any atom is 0.519 e. The van der Waals surface area contributed by atoms with Gasteiger partial charge in [0.15, 0.2) is 0 Å². The summed E-state index contributed by atoms with van der Waals surface area (Å²) in [4.78, 5) is 24.4. The number of carbonyl (C=O) groups is 2. The maximum atomic E-state index is 12.8. The number of hydrogen-bond acceptors (Lipinski definition) is 9. The molecule has 9 heteroatoms. The fourth-order valence-corrected chi connectivity index (χ4v) is 6.61. The molecule has 0 unspecified atom stereocenters. The Hall–Kier alpha value is -7.52. The fourth-order valence-electron chi connectivity index (χ4n) is 6.61. The second-order valence-electron chi connectivity index (χ2n) is 14.6. The molecule has 0 aliphatic heterocycles. The Kier molecular flexibility index (Phi) is 12.2. The van der Waals surface area contributed by atoms with E-state index in [9.17, 15) is 9.59 Å². The molecule has 9 nitrogen and oxygen atoms in total. The first-order chi connectivity index (χ1) is 29.0. The zero-order valence-electron chi connectivity index (χ0n) is 34.2. The summed E-state index contributed by atoms with van der Waals surface area (Å²) in [5.74, 6) is 4.69. The molecule has 0 saturated carbocycles. The van der Waals surface area contributed by atoms with E-state index in [0.29, 0.717) is 40.2 Å². The van der Waals surface area contributed by atoms with Crippen molar-refractivity contribution >= 4 is 12.3 Å². The van der Waals surface area contributed by atoms with E-state index in [1.165, 1.54) is 7.11 Å². The van der Waals surface area contributed by atoms with E-state index in [-0.39, 0.29) is 0 Å². The smallest absolute Gasteiger partial charge is 0.497 e. The van der Waals surface area contributed by atoms with Crippen LogP contribution in [-0.2, 0) is 10.2 Å². The number of ether oxygens (including phenoxy) is 7. The average molecular weight is 801 g/mol. The summed E-state index contributed by atoms with van der Waals surface area (Å²) in [6.45, 7) is 7.95. The molecule has 0 atom stereocenters. The molecule has 0 amide bonds. The lowest BCUT2D eigenvalue weighted by Gasteiger charge is -2.27. The van der Waals surface area contributed by atoms with Crippen molar-refractivity contribution in [3.8, 4) is 68.2 Å². The number of rotatable bonds is 12. The van der Waals surface area contributed by atoms with Gasteiger partial charge in [-0.2, -0.15) is 0 Å². The minimum Gasteiger partial charge on any atom is -0.497 e. The van der Waals surface area contributed by atoms with Gasteiger partial charge in [-0.05, 0) is 131 Å². The molecule has 302 valence electrons. The highest BCUT2D eigenvalue weighted by molar-refractivity contribution is 5.70. The summed E-state index contributed by atoms with van der Waals surface area (Å²) in [5.41, 5.74) is 7.29. The third kappa shape index (κ3) is 9.77. The van der Waals surface area contributed by atoms with E-state index in [1.54, 1.807) is 31.4 Å². The van der Waals surface area contributed by atoms with E-state index in [1.807, 2.05) is 147 Å². The predicted octanol–water partition coefficient (Wildman–Crippen LogP) is 13.3. The van der Waals surface area contributed by atoms with E-state index in [0.717, 1.165) is 50.3 Å². The Balaban J connectivity index is 0.916. The predicted molar refractivity (Wildman–Crippen MR) is 231 cm³/mol. The summed E-state index contributed by atoms with van der Waals surface area (Å²) in [6, 6.07) is 49.6. The zero-order chi connectivity index (χ0) is 42.2. The Bertz CT molecular complexity index is 2590. The van der Waals surface area contributed by atoms with E-state index >= 15 is 0 Å². The van der Waals surface area contributed by atoms with Crippen LogP contribution in [0.2, 0.25) is 0 Å². The van der Waals surface area contributed by atoms with E-state index < -0.39 is 17.7 Å². The van der Waals surface area contributed by atoms with Crippen molar-refractivity contribution in [1.29, 1.82) is 0 Å². The molecular formula is C51H44O9. The van der Waals surface area contributed by atoms with Gasteiger partial charge in [-0.3, -0.25) is 0 Å². The van der Waals surface area contributed by atoms with Crippen LogP contribution in [0.5, 0.6) is 46.0 Å². The molecule has 0 aromatic heterocycles.